The van der Waals surface area contributed by atoms with Gasteiger partial charge in [-0.1, -0.05) is 56.0 Å². The molecule has 5 nitrogen and oxygen atoms in total. The highest BCUT2D eigenvalue weighted by Gasteiger charge is 2.34. The largest absolute Gasteiger partial charge is 0.338 e. The number of amides is 2. The molecule has 1 aromatic heterocycles. The molecule has 0 N–H and O–H groups in total. The van der Waals surface area contributed by atoms with Crippen LogP contribution in [-0.4, -0.2) is 65.3 Å². The topological polar surface area (TPSA) is 43.9 Å². The summed E-state index contributed by atoms with van der Waals surface area (Å²) in [5.41, 5.74) is 3.85. The molecule has 2 aliphatic heterocycles. The highest BCUT2D eigenvalue weighted by Crippen LogP contribution is 2.37. The summed E-state index contributed by atoms with van der Waals surface area (Å²) >= 11 is 1.83. The van der Waals surface area contributed by atoms with E-state index >= 15 is 0 Å². The fraction of sp³-hybridized carbons (Fsp3) is 0.571. The van der Waals surface area contributed by atoms with E-state index in [1.807, 2.05) is 21.1 Å². The van der Waals surface area contributed by atoms with Gasteiger partial charge in [0.1, 0.15) is 0 Å². The van der Waals surface area contributed by atoms with Gasteiger partial charge in [0.25, 0.3) is 0 Å². The molecule has 2 atom stereocenters. The van der Waals surface area contributed by atoms with Gasteiger partial charge in [0.15, 0.2) is 0 Å². The lowest BCUT2D eigenvalue weighted by Crippen LogP contribution is -2.57. The standard InChI is InChI=1S/C28H39N3O2S/c1-4-5-6-7-8-26(32)31-17-16-29(19-22(31)3)27(33)20-30-15-13-25-24(14-18-34-25)28(30)23-11-9-21(2)10-12-23/h9-12,14,18,22,28H,4-8,13,15-17,19-20H2,1-3H3. The number of rotatable bonds is 8. The molecule has 2 amide bonds. The van der Waals surface area contributed by atoms with E-state index in [9.17, 15) is 9.59 Å². The van der Waals surface area contributed by atoms with Crippen LogP contribution >= 0.6 is 11.3 Å². The maximum absolute atomic E-state index is 13.4. The van der Waals surface area contributed by atoms with Gasteiger partial charge in [0, 0.05) is 43.5 Å². The minimum atomic E-state index is 0.0779. The molecule has 0 spiro atoms. The van der Waals surface area contributed by atoms with E-state index < -0.39 is 0 Å². The van der Waals surface area contributed by atoms with Crippen LogP contribution in [0.2, 0.25) is 0 Å². The number of carbonyl (C=O) groups excluding carboxylic acids is 2. The van der Waals surface area contributed by atoms with E-state index in [1.165, 1.54) is 34.4 Å². The number of hydrogen-bond donors (Lipinski definition) is 0. The third kappa shape index (κ3) is 5.72. The third-order valence-corrected chi connectivity index (χ3v) is 8.34. The van der Waals surface area contributed by atoms with Crippen LogP contribution in [0.3, 0.4) is 0 Å². The molecule has 1 aromatic carbocycles. The number of thiophene rings is 1. The highest BCUT2D eigenvalue weighted by molar-refractivity contribution is 7.10. The Bertz CT molecular complexity index is 970. The molecule has 3 heterocycles. The number of aryl methyl sites for hydroxylation is 1. The van der Waals surface area contributed by atoms with Crippen molar-refractivity contribution in [2.45, 2.75) is 71.4 Å². The number of piperazine rings is 1. The Morgan fingerprint density at radius 3 is 2.53 bits per heavy atom. The lowest BCUT2D eigenvalue weighted by Gasteiger charge is -2.42. The van der Waals surface area contributed by atoms with E-state index in [0.717, 1.165) is 25.8 Å². The van der Waals surface area contributed by atoms with E-state index in [0.29, 0.717) is 32.6 Å². The Kier molecular flexibility index (Phi) is 8.43. The molecule has 2 aliphatic rings. The zero-order chi connectivity index (χ0) is 24.1. The van der Waals surface area contributed by atoms with Crippen LogP contribution in [0.25, 0.3) is 0 Å². The van der Waals surface area contributed by atoms with Gasteiger partial charge in [-0.15, -0.1) is 11.3 Å². The second-order valence-corrected chi connectivity index (χ2v) is 10.9. The van der Waals surface area contributed by atoms with Crippen molar-refractivity contribution in [1.29, 1.82) is 0 Å². The maximum atomic E-state index is 13.4. The Hall–Kier alpha value is -2.18. The first-order valence-electron chi connectivity index (χ1n) is 12.9. The fourth-order valence-corrected chi connectivity index (χ4v) is 6.26. The second-order valence-electron chi connectivity index (χ2n) is 9.92. The molecule has 1 fully saturated rings. The first-order chi connectivity index (χ1) is 16.5. The summed E-state index contributed by atoms with van der Waals surface area (Å²) < 4.78 is 0. The Morgan fingerprint density at radius 2 is 1.79 bits per heavy atom. The van der Waals surface area contributed by atoms with Crippen molar-refractivity contribution >= 4 is 23.2 Å². The molecule has 0 radical (unpaired) electrons. The summed E-state index contributed by atoms with van der Waals surface area (Å²) in [5.74, 6) is 0.425. The molecule has 2 aromatic rings. The van der Waals surface area contributed by atoms with Crippen LogP contribution < -0.4 is 0 Å². The first kappa shape index (κ1) is 24.9. The molecule has 1 saturated heterocycles. The molecule has 0 saturated carbocycles. The average Bonchev–Trinajstić information content (AvgIpc) is 3.31. The van der Waals surface area contributed by atoms with Crippen LogP contribution in [0.15, 0.2) is 35.7 Å². The van der Waals surface area contributed by atoms with Gasteiger partial charge in [-0.25, -0.2) is 0 Å². The minimum absolute atomic E-state index is 0.0779. The van der Waals surface area contributed by atoms with Gasteiger partial charge in [-0.05, 0) is 49.3 Å². The van der Waals surface area contributed by atoms with Crippen LogP contribution in [-0.2, 0) is 16.0 Å². The van der Waals surface area contributed by atoms with Gasteiger partial charge in [0.2, 0.25) is 11.8 Å². The minimum Gasteiger partial charge on any atom is -0.338 e. The van der Waals surface area contributed by atoms with Gasteiger partial charge in [-0.2, -0.15) is 0 Å². The zero-order valence-corrected chi connectivity index (χ0v) is 21.8. The smallest absolute Gasteiger partial charge is 0.236 e. The lowest BCUT2D eigenvalue weighted by molar-refractivity contribution is -0.143. The number of hydrogen-bond acceptors (Lipinski definition) is 4. The zero-order valence-electron chi connectivity index (χ0n) is 21.0. The Balaban J connectivity index is 1.38. The molecule has 34 heavy (non-hydrogen) atoms. The van der Waals surface area contributed by atoms with E-state index in [4.69, 9.17) is 0 Å². The van der Waals surface area contributed by atoms with Gasteiger partial charge < -0.3 is 9.80 Å². The Morgan fingerprint density at radius 1 is 1.00 bits per heavy atom. The fourth-order valence-electron chi connectivity index (χ4n) is 5.35. The summed E-state index contributed by atoms with van der Waals surface area (Å²) in [6.45, 7) is 9.61. The summed E-state index contributed by atoms with van der Waals surface area (Å²) in [5, 5.41) is 2.18. The normalized spacial score (nSPS) is 20.9. The molecule has 6 heteroatoms. The maximum Gasteiger partial charge on any atom is 0.236 e. The van der Waals surface area contributed by atoms with Gasteiger partial charge >= 0.3 is 0 Å². The predicted octanol–water partition coefficient (Wildman–Crippen LogP) is 5.03. The van der Waals surface area contributed by atoms with Gasteiger partial charge in [-0.3, -0.25) is 14.5 Å². The first-order valence-corrected chi connectivity index (χ1v) is 13.8. The third-order valence-electron chi connectivity index (χ3n) is 7.34. The SMILES string of the molecule is CCCCCCC(=O)N1CCN(C(=O)CN2CCc3sccc3C2c2ccc(C)cc2)CC1C. The molecular formula is C28H39N3O2S. The van der Waals surface area contributed by atoms with E-state index in [-0.39, 0.29) is 23.9 Å². The average molecular weight is 482 g/mol. The number of carbonyl (C=O) groups is 2. The summed E-state index contributed by atoms with van der Waals surface area (Å²) in [6, 6.07) is 11.2. The summed E-state index contributed by atoms with van der Waals surface area (Å²) in [4.78, 5) is 33.8. The van der Waals surface area contributed by atoms with Crippen molar-refractivity contribution in [3.05, 3.63) is 57.3 Å². The number of benzene rings is 1. The lowest BCUT2D eigenvalue weighted by atomic mass is 9.92. The van der Waals surface area contributed by atoms with Crippen molar-refractivity contribution < 1.29 is 9.59 Å². The van der Waals surface area contributed by atoms with E-state index in [1.54, 1.807) is 0 Å². The summed E-state index contributed by atoms with van der Waals surface area (Å²) in [6.07, 6.45) is 6.10. The van der Waals surface area contributed by atoms with Crippen molar-refractivity contribution in [2.75, 3.05) is 32.7 Å². The van der Waals surface area contributed by atoms with Crippen molar-refractivity contribution in [3.8, 4) is 0 Å². The monoisotopic (exact) mass is 481 g/mol. The predicted molar refractivity (Wildman–Crippen MR) is 139 cm³/mol. The summed E-state index contributed by atoms with van der Waals surface area (Å²) in [7, 11) is 0. The van der Waals surface area contributed by atoms with Crippen molar-refractivity contribution in [3.63, 3.8) is 0 Å². The molecular weight excluding hydrogens is 442 g/mol. The van der Waals surface area contributed by atoms with E-state index in [2.05, 4.69) is 61.4 Å². The van der Waals surface area contributed by atoms with Crippen LogP contribution in [0.1, 0.15) is 73.6 Å². The quantitative estimate of drug-likeness (QED) is 0.497. The second kappa shape index (κ2) is 11.5. The number of fused-ring (bicyclic) bond motifs is 1. The Labute approximate surface area is 208 Å². The molecule has 0 bridgehead atoms. The molecule has 2 unspecified atom stereocenters. The highest BCUT2D eigenvalue weighted by atomic mass is 32.1. The molecule has 0 aliphatic carbocycles. The number of unbranched alkanes of at least 4 members (excludes halogenated alkanes) is 3. The van der Waals surface area contributed by atoms with Crippen molar-refractivity contribution in [2.24, 2.45) is 0 Å². The van der Waals surface area contributed by atoms with Crippen LogP contribution in [0.5, 0.6) is 0 Å². The molecule has 184 valence electrons. The van der Waals surface area contributed by atoms with Gasteiger partial charge in [0.05, 0.1) is 12.6 Å². The number of nitrogens with zero attached hydrogens (tertiary/aromatic N) is 3. The molecule has 4 rings (SSSR count). The van der Waals surface area contributed by atoms with Crippen LogP contribution in [0, 0.1) is 6.92 Å². The van der Waals surface area contributed by atoms with Crippen LogP contribution in [0.4, 0.5) is 0 Å². The van der Waals surface area contributed by atoms with Crippen molar-refractivity contribution in [1.82, 2.24) is 14.7 Å².